The van der Waals surface area contributed by atoms with E-state index in [0.29, 0.717) is 4.68 Å². The Morgan fingerprint density at radius 1 is 1.25 bits per heavy atom. The maximum Gasteiger partial charge on any atom is 0.490 e. The lowest BCUT2D eigenvalue weighted by molar-refractivity contribution is -0.0833. The highest BCUT2D eigenvalue weighted by atomic mass is 31.3. The van der Waals surface area contributed by atoms with Crippen molar-refractivity contribution < 1.29 is 61.4 Å². The first-order chi connectivity index (χ1) is 14.5. The molecule has 0 spiro atoms. The molecule has 21 heteroatoms. The monoisotopic (exact) mass is 522 g/mol. The molecule has 0 amide bonds. The Kier molecular flexibility index (Phi) is 7.82. The van der Waals surface area contributed by atoms with E-state index in [9.17, 15) is 33.6 Å². The lowest BCUT2D eigenvalue weighted by atomic mass is 9.95. The van der Waals surface area contributed by atoms with Crippen molar-refractivity contribution in [2.45, 2.75) is 31.0 Å². The fourth-order valence-electron chi connectivity index (χ4n) is 2.48. The molecule has 0 aromatic carbocycles. The number of aromatic nitrogens is 3. The summed E-state index contributed by atoms with van der Waals surface area (Å²) in [4.78, 5) is 51.0. The zero-order valence-corrected chi connectivity index (χ0v) is 18.4. The molecule has 1 saturated heterocycles. The number of hydrogen-bond acceptors (Lipinski definition) is 13. The van der Waals surface area contributed by atoms with Crippen molar-refractivity contribution in [3.05, 3.63) is 16.7 Å². The van der Waals surface area contributed by atoms with Crippen LogP contribution < -0.4 is 11.4 Å². The van der Waals surface area contributed by atoms with Gasteiger partial charge in [-0.1, -0.05) is 5.92 Å². The van der Waals surface area contributed by atoms with E-state index in [1.807, 2.05) is 0 Å². The fraction of sp³-hybridized carbons (Fsp3) is 0.545. The van der Waals surface area contributed by atoms with Crippen LogP contribution in [0.15, 0.2) is 11.0 Å². The molecule has 1 aromatic heterocycles. The average molecular weight is 522 g/mol. The number of rotatable bonds is 8. The quantitative estimate of drug-likeness (QED) is 0.138. The van der Waals surface area contributed by atoms with Gasteiger partial charge in [-0.15, -0.1) is 5.92 Å². The fourth-order valence-corrected chi connectivity index (χ4v) is 5.51. The van der Waals surface area contributed by atoms with Crippen molar-refractivity contribution in [3.8, 4) is 11.8 Å². The largest absolute Gasteiger partial charge is 0.490 e. The van der Waals surface area contributed by atoms with Crippen LogP contribution in [0, 0.1) is 11.8 Å². The van der Waals surface area contributed by atoms with E-state index in [1.165, 1.54) is 6.92 Å². The van der Waals surface area contributed by atoms with Gasteiger partial charge in [-0.2, -0.15) is 23.4 Å². The number of anilines is 1. The highest BCUT2D eigenvalue weighted by Crippen LogP contribution is 2.66. The summed E-state index contributed by atoms with van der Waals surface area (Å²) in [6.45, 7) is 0.158. The van der Waals surface area contributed by atoms with Crippen molar-refractivity contribution in [2.75, 3.05) is 12.3 Å². The summed E-state index contributed by atoms with van der Waals surface area (Å²) in [7, 11) is -16.9. The summed E-state index contributed by atoms with van der Waals surface area (Å²) in [6, 6.07) is 0. The summed E-state index contributed by atoms with van der Waals surface area (Å²) >= 11 is 0. The van der Waals surface area contributed by atoms with Crippen LogP contribution in [0.2, 0.25) is 0 Å². The molecule has 8 N–H and O–H groups in total. The van der Waals surface area contributed by atoms with Gasteiger partial charge in [0.05, 0.1) is 12.8 Å². The minimum Gasteiger partial charge on any atom is -0.386 e. The molecule has 180 valence electrons. The molecular weight excluding hydrogens is 505 g/mol. The highest BCUT2D eigenvalue weighted by Gasteiger charge is 2.57. The number of phosphoric acid groups is 3. The number of ether oxygens (including phenoxy) is 1. The van der Waals surface area contributed by atoms with Crippen molar-refractivity contribution in [2.24, 2.45) is 0 Å². The molecule has 0 aliphatic carbocycles. The molecule has 32 heavy (non-hydrogen) atoms. The van der Waals surface area contributed by atoms with Crippen molar-refractivity contribution >= 4 is 29.3 Å². The molecule has 2 heterocycles. The zero-order chi connectivity index (χ0) is 24.5. The normalized spacial score (nSPS) is 29.5. The van der Waals surface area contributed by atoms with E-state index in [-0.39, 0.29) is 5.82 Å². The molecule has 2 rings (SSSR count). The molecule has 0 bridgehead atoms. The van der Waals surface area contributed by atoms with Gasteiger partial charge in [0.2, 0.25) is 5.60 Å². The van der Waals surface area contributed by atoms with Crippen LogP contribution in [0.5, 0.6) is 0 Å². The molecule has 18 nitrogen and oxygen atoms in total. The summed E-state index contributed by atoms with van der Waals surface area (Å²) in [5.74, 6) is 4.25. The van der Waals surface area contributed by atoms with Crippen LogP contribution in [-0.4, -0.2) is 69.0 Å². The minimum absolute atomic E-state index is 0.265. The second kappa shape index (κ2) is 9.37. The minimum atomic E-state index is -5.77. The maximum atomic E-state index is 12.0. The zero-order valence-electron chi connectivity index (χ0n) is 15.7. The Morgan fingerprint density at radius 3 is 2.41 bits per heavy atom. The van der Waals surface area contributed by atoms with Crippen LogP contribution in [0.1, 0.15) is 13.2 Å². The Morgan fingerprint density at radius 2 is 1.88 bits per heavy atom. The van der Waals surface area contributed by atoms with Gasteiger partial charge in [-0.3, -0.25) is 4.52 Å². The number of phosphoric ester groups is 1. The number of nitrogens with zero attached hydrogens (tertiary/aromatic N) is 3. The molecule has 0 radical (unpaired) electrons. The first kappa shape index (κ1) is 26.7. The SMILES string of the molecule is CC#CC1(O)C(O)[C@@H](COP(=O)(O)OP(=O)(O)OP(=O)(O)O)O[C@H]1n1ncc(N)nc1=O. The Labute approximate surface area is 178 Å². The lowest BCUT2D eigenvalue weighted by Crippen LogP contribution is -2.48. The average Bonchev–Trinajstić information content (AvgIpc) is 2.82. The van der Waals surface area contributed by atoms with Gasteiger partial charge in [-0.25, -0.2) is 18.5 Å². The van der Waals surface area contributed by atoms with Gasteiger partial charge in [0.1, 0.15) is 18.0 Å². The smallest absolute Gasteiger partial charge is 0.386 e. The standard InChI is InChI=1S/C11H17N4O14P3/c1-2-3-11(18)8(16)6(27-9(11)15-10(17)14-7(12)4-13-15)5-26-31(22,23)29-32(24,25)28-30(19,20)21/h4,6,8-9,16,18H,5H2,1H3,(H,22,23)(H,24,25)(H2,12,14,17)(H2,19,20,21)/t6-,8?,9-,11?/m1/s1. The van der Waals surface area contributed by atoms with Crippen LogP contribution in [0.25, 0.3) is 0 Å². The van der Waals surface area contributed by atoms with Gasteiger partial charge < -0.3 is 40.3 Å². The molecule has 1 aromatic rings. The second-order valence-corrected chi connectivity index (χ2v) is 10.4. The van der Waals surface area contributed by atoms with E-state index in [4.69, 9.17) is 25.2 Å². The lowest BCUT2D eigenvalue weighted by Gasteiger charge is -2.25. The number of aliphatic hydroxyl groups excluding tert-OH is 1. The van der Waals surface area contributed by atoms with Crippen LogP contribution >= 0.6 is 23.5 Å². The molecule has 6 atom stereocenters. The van der Waals surface area contributed by atoms with E-state index < -0.39 is 59.8 Å². The van der Waals surface area contributed by atoms with Gasteiger partial charge in [-0.05, 0) is 6.92 Å². The molecule has 4 unspecified atom stereocenters. The summed E-state index contributed by atoms with van der Waals surface area (Å²) < 4.78 is 51.0. The number of nitrogen functional groups attached to an aromatic ring is 1. The first-order valence-corrected chi connectivity index (χ1v) is 12.5. The number of nitrogens with two attached hydrogens (primary N) is 1. The van der Waals surface area contributed by atoms with Crippen LogP contribution in [-0.2, 0) is 31.6 Å². The highest BCUT2D eigenvalue weighted by molar-refractivity contribution is 7.66. The van der Waals surface area contributed by atoms with Gasteiger partial charge in [0, 0.05) is 0 Å². The van der Waals surface area contributed by atoms with E-state index in [1.54, 1.807) is 0 Å². The molecule has 1 fully saturated rings. The van der Waals surface area contributed by atoms with Crippen molar-refractivity contribution in [3.63, 3.8) is 0 Å². The molecule has 1 aliphatic heterocycles. The van der Waals surface area contributed by atoms with Gasteiger partial charge in [0.15, 0.2) is 6.23 Å². The van der Waals surface area contributed by atoms with Crippen molar-refractivity contribution in [1.82, 2.24) is 14.8 Å². The number of hydrogen-bond donors (Lipinski definition) is 7. The third-order valence-electron chi connectivity index (χ3n) is 3.58. The van der Waals surface area contributed by atoms with Crippen LogP contribution in [0.3, 0.4) is 0 Å². The van der Waals surface area contributed by atoms with Gasteiger partial charge in [0.25, 0.3) is 0 Å². The third-order valence-corrected chi connectivity index (χ3v) is 7.39. The van der Waals surface area contributed by atoms with E-state index in [2.05, 4.69) is 35.1 Å². The third kappa shape index (κ3) is 6.50. The molecule has 0 saturated carbocycles. The molecular formula is C11H17N4O14P3. The number of aliphatic hydroxyl groups is 2. The topological polar surface area (TPSA) is 283 Å². The first-order valence-electron chi connectivity index (χ1n) is 7.99. The summed E-state index contributed by atoms with van der Waals surface area (Å²) in [5, 5.41) is 24.8. The summed E-state index contributed by atoms with van der Waals surface area (Å²) in [5.41, 5.74) is 1.72. The second-order valence-electron chi connectivity index (χ2n) is 5.97. The Hall–Kier alpha value is -1.54. The Balaban J connectivity index is 2.23. The maximum absolute atomic E-state index is 12.0. The van der Waals surface area contributed by atoms with Gasteiger partial charge >= 0.3 is 29.2 Å². The summed E-state index contributed by atoms with van der Waals surface area (Å²) in [6.07, 6.45) is -4.59. The Bertz CT molecular complexity index is 1120. The molecule has 1 aliphatic rings. The van der Waals surface area contributed by atoms with Crippen LogP contribution in [0.4, 0.5) is 5.82 Å². The van der Waals surface area contributed by atoms with E-state index >= 15 is 0 Å². The predicted molar refractivity (Wildman–Crippen MR) is 98.8 cm³/mol. The van der Waals surface area contributed by atoms with Crippen molar-refractivity contribution in [1.29, 1.82) is 0 Å². The van der Waals surface area contributed by atoms with E-state index in [0.717, 1.165) is 6.20 Å². The predicted octanol–water partition coefficient (Wildman–Crippen LogP) is -2.42.